The van der Waals surface area contributed by atoms with E-state index in [1.807, 2.05) is 61.2 Å². The highest BCUT2D eigenvalue weighted by Gasteiger charge is 2.34. The van der Waals surface area contributed by atoms with Gasteiger partial charge in [0, 0.05) is 31.0 Å². The summed E-state index contributed by atoms with van der Waals surface area (Å²) in [6.45, 7) is 8.86. The smallest absolute Gasteiger partial charge is 0.257 e. The first kappa shape index (κ1) is 24.6. The van der Waals surface area contributed by atoms with Gasteiger partial charge >= 0.3 is 0 Å². The molecule has 186 valence electrons. The lowest BCUT2D eigenvalue weighted by atomic mass is 10.1. The van der Waals surface area contributed by atoms with Crippen LogP contribution in [0.4, 0.5) is 0 Å². The molecule has 1 aromatic heterocycles. The first-order valence-electron chi connectivity index (χ1n) is 12.3. The van der Waals surface area contributed by atoms with Gasteiger partial charge in [0.05, 0.1) is 19.8 Å². The molecule has 1 fully saturated rings. The number of hydrogen-bond acceptors (Lipinski definition) is 7. The SMILES string of the molecule is CCCCOc1ccc(-c2nc(C3CC(=O)N(Cc4ccc(OCC)c(OCC)c4)C3)no2)cc1. The second-order valence-corrected chi connectivity index (χ2v) is 8.51. The summed E-state index contributed by atoms with van der Waals surface area (Å²) in [6, 6.07) is 13.4. The van der Waals surface area contributed by atoms with Crippen LogP contribution in [0.5, 0.6) is 17.2 Å². The molecule has 1 saturated heterocycles. The van der Waals surface area contributed by atoms with Crippen molar-refractivity contribution in [2.75, 3.05) is 26.4 Å². The van der Waals surface area contributed by atoms with Crippen LogP contribution in [-0.4, -0.2) is 47.3 Å². The molecule has 0 spiro atoms. The molecular weight excluding hydrogens is 446 g/mol. The van der Waals surface area contributed by atoms with Gasteiger partial charge in [0.25, 0.3) is 5.89 Å². The molecule has 8 heteroatoms. The summed E-state index contributed by atoms with van der Waals surface area (Å²) in [5.74, 6) is 3.19. The lowest BCUT2D eigenvalue weighted by Crippen LogP contribution is -2.24. The maximum atomic E-state index is 12.7. The van der Waals surface area contributed by atoms with E-state index in [9.17, 15) is 4.79 Å². The maximum Gasteiger partial charge on any atom is 0.257 e. The number of ether oxygens (including phenoxy) is 3. The summed E-state index contributed by atoms with van der Waals surface area (Å²) in [5.41, 5.74) is 1.81. The first-order chi connectivity index (χ1) is 17.1. The molecule has 4 rings (SSSR count). The largest absolute Gasteiger partial charge is 0.494 e. The first-order valence-corrected chi connectivity index (χ1v) is 12.3. The predicted octanol–water partition coefficient (Wildman–Crippen LogP) is 5.23. The van der Waals surface area contributed by atoms with E-state index in [0.29, 0.717) is 62.5 Å². The van der Waals surface area contributed by atoms with E-state index in [2.05, 4.69) is 17.1 Å². The van der Waals surface area contributed by atoms with Crippen molar-refractivity contribution in [2.24, 2.45) is 0 Å². The van der Waals surface area contributed by atoms with Gasteiger partial charge in [-0.2, -0.15) is 4.98 Å². The van der Waals surface area contributed by atoms with Crippen molar-refractivity contribution in [1.29, 1.82) is 0 Å². The fraction of sp³-hybridized carbons (Fsp3) is 0.444. The second-order valence-electron chi connectivity index (χ2n) is 8.51. The molecular formula is C27H33N3O5. The van der Waals surface area contributed by atoms with E-state index in [4.69, 9.17) is 18.7 Å². The van der Waals surface area contributed by atoms with Gasteiger partial charge in [-0.05, 0) is 62.2 Å². The van der Waals surface area contributed by atoms with E-state index in [1.165, 1.54) is 0 Å². The zero-order chi connectivity index (χ0) is 24.6. The molecule has 0 aliphatic carbocycles. The number of nitrogens with zero attached hydrogens (tertiary/aromatic N) is 3. The Morgan fingerprint density at radius 3 is 2.51 bits per heavy atom. The fourth-order valence-electron chi connectivity index (χ4n) is 4.06. The number of rotatable bonds is 12. The van der Waals surface area contributed by atoms with Crippen LogP contribution in [0.25, 0.3) is 11.5 Å². The Bertz CT molecular complexity index is 1110. The molecule has 1 aliphatic rings. The summed E-state index contributed by atoms with van der Waals surface area (Å²) in [4.78, 5) is 19.1. The van der Waals surface area contributed by atoms with Crippen LogP contribution >= 0.6 is 0 Å². The molecule has 0 bridgehead atoms. The van der Waals surface area contributed by atoms with Gasteiger partial charge in [-0.3, -0.25) is 4.79 Å². The van der Waals surface area contributed by atoms with Gasteiger partial charge in [-0.1, -0.05) is 24.6 Å². The molecule has 35 heavy (non-hydrogen) atoms. The van der Waals surface area contributed by atoms with Gasteiger partial charge in [0.2, 0.25) is 5.91 Å². The third-order valence-electron chi connectivity index (χ3n) is 5.87. The number of likely N-dealkylation sites (tertiary alicyclic amines) is 1. The Morgan fingerprint density at radius 1 is 1.00 bits per heavy atom. The van der Waals surface area contributed by atoms with Crippen LogP contribution in [0.1, 0.15) is 57.3 Å². The highest BCUT2D eigenvalue weighted by molar-refractivity contribution is 5.79. The van der Waals surface area contributed by atoms with E-state index in [-0.39, 0.29) is 11.8 Å². The third-order valence-corrected chi connectivity index (χ3v) is 5.87. The van der Waals surface area contributed by atoms with Crippen molar-refractivity contribution in [3.63, 3.8) is 0 Å². The molecule has 2 heterocycles. The molecule has 8 nitrogen and oxygen atoms in total. The quantitative estimate of drug-likeness (QED) is 0.329. The van der Waals surface area contributed by atoms with Crippen LogP contribution in [0.15, 0.2) is 47.0 Å². The Hall–Kier alpha value is -3.55. The summed E-state index contributed by atoms with van der Waals surface area (Å²) in [5, 5.41) is 4.17. The minimum absolute atomic E-state index is 0.0711. The van der Waals surface area contributed by atoms with Crippen LogP contribution in [0, 0.1) is 0 Å². The average molecular weight is 480 g/mol. The van der Waals surface area contributed by atoms with Crippen molar-refractivity contribution < 1.29 is 23.5 Å². The molecule has 2 aromatic carbocycles. The monoisotopic (exact) mass is 479 g/mol. The van der Waals surface area contributed by atoms with Crippen LogP contribution in [0.2, 0.25) is 0 Å². The molecule has 3 aromatic rings. The minimum Gasteiger partial charge on any atom is -0.494 e. The number of carbonyl (C=O) groups is 1. The topological polar surface area (TPSA) is 86.9 Å². The number of amides is 1. The summed E-state index contributed by atoms with van der Waals surface area (Å²) in [7, 11) is 0. The highest BCUT2D eigenvalue weighted by Crippen LogP contribution is 2.32. The summed E-state index contributed by atoms with van der Waals surface area (Å²) >= 11 is 0. The molecule has 0 N–H and O–H groups in total. The van der Waals surface area contributed by atoms with Crippen LogP contribution in [0.3, 0.4) is 0 Å². The fourth-order valence-corrected chi connectivity index (χ4v) is 4.06. The standard InChI is InChI=1S/C27H33N3O5/c1-4-7-14-34-22-11-9-20(10-12-22)27-28-26(29-35-27)21-16-25(31)30(18-21)17-19-8-13-23(32-5-2)24(15-19)33-6-3/h8-13,15,21H,4-7,14,16-18H2,1-3H3. The number of aromatic nitrogens is 2. The predicted molar refractivity (Wildman–Crippen MR) is 132 cm³/mol. The second kappa shape index (κ2) is 11.7. The van der Waals surface area contributed by atoms with Gasteiger partial charge in [-0.15, -0.1) is 0 Å². The van der Waals surface area contributed by atoms with E-state index in [0.717, 1.165) is 29.7 Å². The van der Waals surface area contributed by atoms with Gasteiger partial charge in [0.15, 0.2) is 17.3 Å². The number of benzene rings is 2. The lowest BCUT2D eigenvalue weighted by Gasteiger charge is -2.18. The van der Waals surface area contributed by atoms with Crippen molar-refractivity contribution >= 4 is 5.91 Å². The number of carbonyl (C=O) groups excluding carboxylic acids is 1. The lowest BCUT2D eigenvalue weighted by molar-refractivity contribution is -0.128. The highest BCUT2D eigenvalue weighted by atomic mass is 16.5. The van der Waals surface area contributed by atoms with Gasteiger partial charge in [0.1, 0.15) is 5.75 Å². The van der Waals surface area contributed by atoms with Crippen LogP contribution in [-0.2, 0) is 11.3 Å². The average Bonchev–Trinajstić information content (AvgIpc) is 3.49. The van der Waals surface area contributed by atoms with E-state index in [1.54, 1.807) is 0 Å². The number of hydrogen-bond donors (Lipinski definition) is 0. The van der Waals surface area contributed by atoms with Crippen molar-refractivity contribution in [2.45, 2.75) is 52.5 Å². The van der Waals surface area contributed by atoms with E-state index >= 15 is 0 Å². The van der Waals surface area contributed by atoms with Gasteiger partial charge in [-0.25, -0.2) is 0 Å². The summed E-state index contributed by atoms with van der Waals surface area (Å²) in [6.07, 6.45) is 2.48. The van der Waals surface area contributed by atoms with Gasteiger partial charge < -0.3 is 23.6 Å². The molecule has 1 unspecified atom stereocenters. The van der Waals surface area contributed by atoms with Crippen molar-refractivity contribution in [3.05, 3.63) is 53.9 Å². The Labute approximate surface area is 206 Å². The molecule has 1 amide bonds. The Kier molecular flexibility index (Phi) is 8.23. The summed E-state index contributed by atoms with van der Waals surface area (Å²) < 4.78 is 22.6. The third kappa shape index (κ3) is 6.12. The van der Waals surface area contributed by atoms with E-state index < -0.39 is 0 Å². The molecule has 0 radical (unpaired) electrons. The van der Waals surface area contributed by atoms with Crippen molar-refractivity contribution in [1.82, 2.24) is 15.0 Å². The maximum absolute atomic E-state index is 12.7. The van der Waals surface area contributed by atoms with Crippen molar-refractivity contribution in [3.8, 4) is 28.7 Å². The van der Waals surface area contributed by atoms with Crippen LogP contribution < -0.4 is 14.2 Å². The minimum atomic E-state index is -0.106. The number of unbranched alkanes of at least 4 members (excludes halogenated alkanes) is 1. The molecule has 1 atom stereocenters. The Morgan fingerprint density at radius 2 is 1.77 bits per heavy atom. The molecule has 1 aliphatic heterocycles. The molecule has 0 saturated carbocycles. The normalized spacial score (nSPS) is 15.5. The Balaban J connectivity index is 1.39. The zero-order valence-electron chi connectivity index (χ0n) is 20.7. The zero-order valence-corrected chi connectivity index (χ0v) is 20.7.